The Hall–Kier alpha value is -3.07. The zero-order chi connectivity index (χ0) is 23.5. The molecule has 4 aromatic rings. The summed E-state index contributed by atoms with van der Waals surface area (Å²) in [7, 11) is 0. The molecule has 7 nitrogen and oxygen atoms in total. The number of piperazine rings is 1. The highest BCUT2D eigenvalue weighted by Crippen LogP contribution is 2.24. The number of halogens is 1. The van der Waals surface area contributed by atoms with E-state index in [-0.39, 0.29) is 5.91 Å². The van der Waals surface area contributed by atoms with Gasteiger partial charge in [-0.2, -0.15) is 4.98 Å². The average Bonchev–Trinajstić information content (AvgIpc) is 3.50. The van der Waals surface area contributed by atoms with Crippen LogP contribution in [0.3, 0.4) is 0 Å². The normalized spacial score (nSPS) is 14.5. The fraction of sp³-hybridized carbons (Fsp3) is 0.280. The Morgan fingerprint density at radius 2 is 1.71 bits per heavy atom. The maximum absolute atomic E-state index is 12.8. The van der Waals surface area contributed by atoms with Crippen molar-refractivity contribution in [2.75, 3.05) is 26.2 Å². The Kier molecular flexibility index (Phi) is 6.71. The summed E-state index contributed by atoms with van der Waals surface area (Å²) in [5, 5.41) is 7.67. The van der Waals surface area contributed by atoms with Gasteiger partial charge in [0.05, 0.1) is 18.7 Å². The van der Waals surface area contributed by atoms with E-state index in [1.54, 1.807) is 23.5 Å². The summed E-state index contributed by atoms with van der Waals surface area (Å²) in [5.41, 5.74) is 4.00. The van der Waals surface area contributed by atoms with Crippen LogP contribution in [-0.4, -0.2) is 57.0 Å². The number of thiazole rings is 1. The van der Waals surface area contributed by atoms with Gasteiger partial charge in [-0.05, 0) is 31.2 Å². The SMILES string of the molecule is Cc1ccc(-c2nc(CC(=O)N3CCN(Cc4nc(-c5ccc(Cl)cc5)no4)CC3)cs2)cc1. The number of hydrogen-bond acceptors (Lipinski definition) is 7. The molecule has 1 fully saturated rings. The molecule has 0 radical (unpaired) electrons. The van der Waals surface area contributed by atoms with Gasteiger partial charge < -0.3 is 9.42 Å². The van der Waals surface area contributed by atoms with Crippen LogP contribution < -0.4 is 0 Å². The zero-order valence-electron chi connectivity index (χ0n) is 18.8. The maximum atomic E-state index is 12.8. The Labute approximate surface area is 207 Å². The average molecular weight is 494 g/mol. The lowest BCUT2D eigenvalue weighted by Gasteiger charge is -2.33. The molecule has 2 aromatic carbocycles. The second-order valence-electron chi connectivity index (χ2n) is 8.36. The summed E-state index contributed by atoms with van der Waals surface area (Å²) in [6, 6.07) is 15.6. The lowest BCUT2D eigenvalue weighted by molar-refractivity contribution is -0.132. The number of nitrogens with zero attached hydrogens (tertiary/aromatic N) is 5. The van der Waals surface area contributed by atoms with Crippen LogP contribution in [0.5, 0.6) is 0 Å². The lowest BCUT2D eigenvalue weighted by Crippen LogP contribution is -2.48. The van der Waals surface area contributed by atoms with Crippen LogP contribution >= 0.6 is 22.9 Å². The Bertz CT molecular complexity index is 1260. The molecule has 1 aliphatic heterocycles. The van der Waals surface area contributed by atoms with Gasteiger partial charge in [0.15, 0.2) is 0 Å². The molecule has 0 N–H and O–H groups in total. The van der Waals surface area contributed by atoms with Gasteiger partial charge in [0.2, 0.25) is 17.6 Å². The van der Waals surface area contributed by atoms with E-state index >= 15 is 0 Å². The van der Waals surface area contributed by atoms with Gasteiger partial charge >= 0.3 is 0 Å². The molecule has 1 amide bonds. The van der Waals surface area contributed by atoms with E-state index in [1.165, 1.54) is 5.56 Å². The number of amides is 1. The molecule has 0 atom stereocenters. The summed E-state index contributed by atoms with van der Waals surface area (Å²) in [6.45, 7) is 5.49. The van der Waals surface area contributed by atoms with Gasteiger partial charge in [-0.3, -0.25) is 9.69 Å². The van der Waals surface area contributed by atoms with Crippen LogP contribution in [0.2, 0.25) is 5.02 Å². The monoisotopic (exact) mass is 493 g/mol. The lowest BCUT2D eigenvalue weighted by atomic mass is 10.2. The van der Waals surface area contributed by atoms with E-state index in [0.29, 0.717) is 42.8 Å². The summed E-state index contributed by atoms with van der Waals surface area (Å²) in [6.07, 6.45) is 0.330. The summed E-state index contributed by atoms with van der Waals surface area (Å²) in [4.78, 5) is 26.1. The molecule has 174 valence electrons. The van der Waals surface area contributed by atoms with Gasteiger partial charge in [0, 0.05) is 47.7 Å². The van der Waals surface area contributed by atoms with E-state index in [1.807, 2.05) is 22.4 Å². The minimum absolute atomic E-state index is 0.114. The maximum Gasteiger partial charge on any atom is 0.241 e. The fourth-order valence-electron chi connectivity index (χ4n) is 3.87. The molecule has 9 heteroatoms. The van der Waals surface area contributed by atoms with Crippen molar-refractivity contribution in [2.45, 2.75) is 19.9 Å². The van der Waals surface area contributed by atoms with E-state index in [9.17, 15) is 4.79 Å². The van der Waals surface area contributed by atoms with Crippen molar-refractivity contribution in [1.82, 2.24) is 24.9 Å². The number of aromatic nitrogens is 3. The third-order valence-corrected chi connectivity index (χ3v) is 7.03. The highest BCUT2D eigenvalue weighted by molar-refractivity contribution is 7.13. The molecule has 0 aliphatic carbocycles. The Balaban J connectivity index is 1.12. The van der Waals surface area contributed by atoms with Crippen molar-refractivity contribution in [1.29, 1.82) is 0 Å². The quantitative estimate of drug-likeness (QED) is 0.387. The number of rotatable bonds is 6. The third-order valence-electron chi connectivity index (χ3n) is 5.84. The number of carbonyl (C=O) groups is 1. The first kappa shape index (κ1) is 22.7. The minimum Gasteiger partial charge on any atom is -0.340 e. The summed E-state index contributed by atoms with van der Waals surface area (Å²) in [5.74, 6) is 1.23. The van der Waals surface area contributed by atoms with Crippen molar-refractivity contribution in [3.05, 3.63) is 76.1 Å². The number of hydrogen-bond donors (Lipinski definition) is 0. The van der Waals surface area contributed by atoms with Gasteiger partial charge in [-0.1, -0.05) is 46.6 Å². The van der Waals surface area contributed by atoms with Crippen molar-refractivity contribution >= 4 is 28.8 Å². The second kappa shape index (κ2) is 10.0. The molecule has 34 heavy (non-hydrogen) atoms. The number of benzene rings is 2. The highest BCUT2D eigenvalue weighted by atomic mass is 35.5. The van der Waals surface area contributed by atoms with Gasteiger partial charge in [0.25, 0.3) is 0 Å². The van der Waals surface area contributed by atoms with Gasteiger partial charge in [0.1, 0.15) is 5.01 Å². The van der Waals surface area contributed by atoms with Crippen LogP contribution in [0, 0.1) is 6.92 Å². The standard InChI is InChI=1S/C25H24ClN5O2S/c1-17-2-4-19(5-3-17)25-27-21(16-34-25)14-23(32)31-12-10-30(11-13-31)15-22-28-24(29-33-22)18-6-8-20(26)9-7-18/h2-9,16H,10-15H2,1H3. The van der Waals surface area contributed by atoms with Gasteiger partial charge in [-0.15, -0.1) is 11.3 Å². The molecule has 0 bridgehead atoms. The topological polar surface area (TPSA) is 75.4 Å². The number of aryl methyl sites for hydroxylation is 1. The Morgan fingerprint density at radius 3 is 2.44 bits per heavy atom. The molecule has 1 saturated heterocycles. The van der Waals surface area contributed by atoms with Crippen molar-refractivity contribution in [3.63, 3.8) is 0 Å². The van der Waals surface area contributed by atoms with E-state index in [0.717, 1.165) is 34.9 Å². The van der Waals surface area contributed by atoms with Crippen LogP contribution in [0.1, 0.15) is 17.1 Å². The largest absolute Gasteiger partial charge is 0.340 e. The molecular weight excluding hydrogens is 470 g/mol. The summed E-state index contributed by atoms with van der Waals surface area (Å²) < 4.78 is 5.43. The predicted molar refractivity (Wildman–Crippen MR) is 133 cm³/mol. The molecule has 0 spiro atoms. The van der Waals surface area contributed by atoms with Crippen molar-refractivity contribution < 1.29 is 9.32 Å². The van der Waals surface area contributed by atoms with Crippen molar-refractivity contribution in [2.24, 2.45) is 0 Å². The second-order valence-corrected chi connectivity index (χ2v) is 9.66. The fourth-order valence-corrected chi connectivity index (χ4v) is 4.82. The predicted octanol–water partition coefficient (Wildman–Crippen LogP) is 4.71. The smallest absolute Gasteiger partial charge is 0.241 e. The van der Waals surface area contributed by atoms with Crippen LogP contribution in [0.25, 0.3) is 22.0 Å². The Morgan fingerprint density at radius 1 is 1.00 bits per heavy atom. The van der Waals surface area contributed by atoms with E-state index < -0.39 is 0 Å². The first-order chi connectivity index (χ1) is 16.5. The summed E-state index contributed by atoms with van der Waals surface area (Å²) >= 11 is 7.52. The minimum atomic E-state index is 0.114. The zero-order valence-corrected chi connectivity index (χ0v) is 20.3. The first-order valence-electron chi connectivity index (χ1n) is 11.1. The molecule has 2 aromatic heterocycles. The molecule has 0 unspecified atom stereocenters. The molecule has 5 rings (SSSR count). The third kappa shape index (κ3) is 5.35. The van der Waals surface area contributed by atoms with Crippen molar-refractivity contribution in [3.8, 4) is 22.0 Å². The molecule has 3 heterocycles. The van der Waals surface area contributed by atoms with Gasteiger partial charge in [-0.25, -0.2) is 4.98 Å². The first-order valence-corrected chi connectivity index (χ1v) is 12.4. The highest BCUT2D eigenvalue weighted by Gasteiger charge is 2.23. The van der Waals surface area contributed by atoms with E-state index in [4.69, 9.17) is 16.1 Å². The van der Waals surface area contributed by atoms with Crippen LogP contribution in [0.15, 0.2) is 58.4 Å². The van der Waals surface area contributed by atoms with Crippen LogP contribution in [0.4, 0.5) is 0 Å². The molecular formula is C25H24ClN5O2S. The van der Waals surface area contributed by atoms with E-state index in [2.05, 4.69) is 51.2 Å². The molecule has 0 saturated carbocycles. The molecule has 1 aliphatic rings. The van der Waals surface area contributed by atoms with Crippen LogP contribution in [-0.2, 0) is 17.8 Å². The number of carbonyl (C=O) groups excluding carboxylic acids is 1.